The lowest BCUT2D eigenvalue weighted by atomic mass is 10.1. The minimum absolute atomic E-state index is 0.172. The van der Waals surface area contributed by atoms with Gasteiger partial charge in [-0.1, -0.05) is 37.8 Å². The van der Waals surface area contributed by atoms with Crippen molar-refractivity contribution in [2.45, 2.75) is 64.2 Å². The van der Waals surface area contributed by atoms with Crippen LogP contribution in [0.4, 0.5) is 8.78 Å². The van der Waals surface area contributed by atoms with Crippen LogP contribution in [0.2, 0.25) is 0 Å². The summed E-state index contributed by atoms with van der Waals surface area (Å²) in [5.74, 6) is 0. The average Bonchev–Trinajstić information content (AvgIpc) is 2.31. The van der Waals surface area contributed by atoms with Crippen LogP contribution >= 0.6 is 0 Å². The van der Waals surface area contributed by atoms with Gasteiger partial charge in [0.2, 0.25) is 0 Å². The number of rotatable bonds is 12. The van der Waals surface area contributed by atoms with Crippen molar-refractivity contribution in [1.82, 2.24) is 0 Å². The number of hydrogen-bond donors (Lipinski definition) is 0. The van der Waals surface area contributed by atoms with Gasteiger partial charge in [0, 0.05) is 0 Å². The molecule has 0 nitrogen and oxygen atoms in total. The maximum absolute atomic E-state index is 11.8. The first-order valence-electron chi connectivity index (χ1n) is 6.68. The van der Waals surface area contributed by atoms with Crippen LogP contribution in [0.3, 0.4) is 0 Å². The molecule has 0 aromatic rings. The second-order valence-electron chi connectivity index (χ2n) is 4.26. The van der Waals surface area contributed by atoms with Gasteiger partial charge in [-0.3, -0.25) is 8.78 Å². The van der Waals surface area contributed by atoms with Crippen molar-refractivity contribution in [3.8, 4) is 0 Å². The molecule has 0 N–H and O–H groups in total. The van der Waals surface area contributed by atoms with Gasteiger partial charge in [-0.25, -0.2) is 0 Å². The molecular formula is C14H26F2. The first kappa shape index (κ1) is 15.6. The number of hydrogen-bond acceptors (Lipinski definition) is 0. The Bertz CT molecular complexity index is 128. The molecule has 0 saturated heterocycles. The molecule has 0 fully saturated rings. The Balaban J connectivity index is 2.98. The molecule has 0 amide bonds. The van der Waals surface area contributed by atoms with Crippen LogP contribution in [0.1, 0.15) is 64.2 Å². The average molecular weight is 232 g/mol. The van der Waals surface area contributed by atoms with Crippen molar-refractivity contribution >= 4 is 0 Å². The summed E-state index contributed by atoms with van der Waals surface area (Å²) in [6.45, 7) is -0.344. The molecule has 0 saturated carbocycles. The van der Waals surface area contributed by atoms with Crippen molar-refractivity contribution in [3.63, 3.8) is 0 Å². The Hall–Kier alpha value is -0.400. The number of alkyl halides is 2. The Morgan fingerprint density at radius 2 is 0.875 bits per heavy atom. The van der Waals surface area contributed by atoms with Crippen molar-refractivity contribution in [1.29, 1.82) is 0 Å². The SMILES string of the molecule is FCCCCCCC=CCCCCCCF. The summed E-state index contributed by atoms with van der Waals surface area (Å²) in [4.78, 5) is 0. The molecule has 0 spiro atoms. The van der Waals surface area contributed by atoms with Crippen molar-refractivity contribution in [2.75, 3.05) is 13.3 Å². The molecule has 0 radical (unpaired) electrons. The highest BCUT2D eigenvalue weighted by molar-refractivity contribution is 4.81. The monoisotopic (exact) mass is 232 g/mol. The smallest absolute Gasteiger partial charge is 0.0894 e. The summed E-state index contributed by atoms with van der Waals surface area (Å²) in [5, 5.41) is 0. The van der Waals surface area contributed by atoms with Crippen LogP contribution in [-0.2, 0) is 0 Å². The minimum Gasteiger partial charge on any atom is -0.251 e. The number of allylic oxidation sites excluding steroid dienone is 2. The van der Waals surface area contributed by atoms with Gasteiger partial charge in [-0.05, 0) is 38.5 Å². The van der Waals surface area contributed by atoms with Crippen LogP contribution < -0.4 is 0 Å². The van der Waals surface area contributed by atoms with E-state index in [4.69, 9.17) is 0 Å². The summed E-state index contributed by atoms with van der Waals surface area (Å²) >= 11 is 0. The quantitative estimate of drug-likeness (QED) is 0.313. The third-order valence-electron chi connectivity index (χ3n) is 2.68. The van der Waals surface area contributed by atoms with E-state index in [1.165, 1.54) is 12.8 Å². The molecule has 0 bridgehead atoms. The third kappa shape index (κ3) is 13.6. The van der Waals surface area contributed by atoms with E-state index < -0.39 is 0 Å². The predicted molar refractivity (Wildman–Crippen MR) is 67.3 cm³/mol. The summed E-state index contributed by atoms with van der Waals surface area (Å²) in [7, 11) is 0. The molecule has 2 heteroatoms. The fourth-order valence-corrected chi connectivity index (χ4v) is 1.66. The van der Waals surface area contributed by atoms with Gasteiger partial charge in [-0.15, -0.1) is 0 Å². The Morgan fingerprint density at radius 3 is 1.25 bits per heavy atom. The summed E-state index contributed by atoms with van der Waals surface area (Å²) in [5.41, 5.74) is 0. The Morgan fingerprint density at radius 1 is 0.500 bits per heavy atom. The van der Waals surface area contributed by atoms with Gasteiger partial charge in [0.15, 0.2) is 0 Å². The van der Waals surface area contributed by atoms with Gasteiger partial charge < -0.3 is 0 Å². The lowest BCUT2D eigenvalue weighted by Gasteiger charge is -1.96. The van der Waals surface area contributed by atoms with E-state index in [0.717, 1.165) is 51.4 Å². The molecule has 0 aliphatic heterocycles. The standard InChI is InChI=1S/C14H26F2/c15-13-11-9-7-5-3-1-2-4-6-8-10-12-14-16/h1-2H,3-14H2. The molecule has 0 heterocycles. The number of halogens is 2. The topological polar surface area (TPSA) is 0 Å². The Labute approximate surface area is 99.1 Å². The maximum atomic E-state index is 11.8. The maximum Gasteiger partial charge on any atom is 0.0894 e. The molecule has 16 heavy (non-hydrogen) atoms. The highest BCUT2D eigenvalue weighted by Gasteiger charge is 1.89. The third-order valence-corrected chi connectivity index (χ3v) is 2.68. The minimum atomic E-state index is -0.172. The lowest BCUT2D eigenvalue weighted by molar-refractivity contribution is 0.453. The largest absolute Gasteiger partial charge is 0.251 e. The van der Waals surface area contributed by atoms with E-state index in [9.17, 15) is 8.78 Å². The zero-order valence-corrected chi connectivity index (χ0v) is 10.4. The van der Waals surface area contributed by atoms with E-state index in [2.05, 4.69) is 12.2 Å². The zero-order chi connectivity index (χ0) is 11.9. The van der Waals surface area contributed by atoms with Crippen LogP contribution in [0.15, 0.2) is 12.2 Å². The highest BCUT2D eigenvalue weighted by Crippen LogP contribution is 2.06. The highest BCUT2D eigenvalue weighted by atomic mass is 19.1. The van der Waals surface area contributed by atoms with Crippen LogP contribution in [0.25, 0.3) is 0 Å². The van der Waals surface area contributed by atoms with Crippen molar-refractivity contribution < 1.29 is 8.78 Å². The zero-order valence-electron chi connectivity index (χ0n) is 10.4. The van der Waals surface area contributed by atoms with Crippen molar-refractivity contribution in [2.24, 2.45) is 0 Å². The van der Waals surface area contributed by atoms with Gasteiger partial charge in [0.05, 0.1) is 13.3 Å². The van der Waals surface area contributed by atoms with E-state index in [1.54, 1.807) is 0 Å². The van der Waals surface area contributed by atoms with Crippen molar-refractivity contribution in [3.05, 3.63) is 12.2 Å². The summed E-state index contributed by atoms with van der Waals surface area (Å²) < 4.78 is 23.5. The molecule has 0 unspecified atom stereocenters. The van der Waals surface area contributed by atoms with Gasteiger partial charge >= 0.3 is 0 Å². The fraction of sp³-hybridized carbons (Fsp3) is 0.857. The molecular weight excluding hydrogens is 206 g/mol. The second kappa shape index (κ2) is 14.6. The molecule has 0 aromatic heterocycles. The normalized spacial score (nSPS) is 11.4. The molecule has 0 rings (SSSR count). The molecule has 0 atom stereocenters. The van der Waals surface area contributed by atoms with Crippen LogP contribution in [0, 0.1) is 0 Å². The molecule has 0 aliphatic carbocycles. The van der Waals surface area contributed by atoms with E-state index in [1.807, 2.05) is 0 Å². The van der Waals surface area contributed by atoms with E-state index in [-0.39, 0.29) is 13.3 Å². The Kier molecular flexibility index (Phi) is 14.2. The van der Waals surface area contributed by atoms with Crippen LogP contribution in [0.5, 0.6) is 0 Å². The first-order valence-corrected chi connectivity index (χ1v) is 6.68. The van der Waals surface area contributed by atoms with E-state index >= 15 is 0 Å². The van der Waals surface area contributed by atoms with Gasteiger partial charge in [-0.2, -0.15) is 0 Å². The van der Waals surface area contributed by atoms with Gasteiger partial charge in [0.1, 0.15) is 0 Å². The number of unbranched alkanes of at least 4 members (excludes halogenated alkanes) is 8. The van der Waals surface area contributed by atoms with Crippen LogP contribution in [-0.4, -0.2) is 13.3 Å². The second-order valence-corrected chi connectivity index (χ2v) is 4.26. The molecule has 0 aromatic carbocycles. The molecule has 96 valence electrons. The first-order chi connectivity index (χ1) is 7.91. The fourth-order valence-electron chi connectivity index (χ4n) is 1.66. The predicted octanol–water partition coefficient (Wildman–Crippen LogP) is 5.38. The lowest BCUT2D eigenvalue weighted by Crippen LogP contribution is -1.80. The van der Waals surface area contributed by atoms with E-state index in [0.29, 0.717) is 0 Å². The van der Waals surface area contributed by atoms with Gasteiger partial charge in [0.25, 0.3) is 0 Å². The summed E-state index contributed by atoms with van der Waals surface area (Å²) in [6.07, 6.45) is 14.8. The summed E-state index contributed by atoms with van der Waals surface area (Å²) in [6, 6.07) is 0. The molecule has 0 aliphatic rings.